The van der Waals surface area contributed by atoms with Crippen LogP contribution in [0.2, 0.25) is 0 Å². The number of amides is 1. The lowest BCUT2D eigenvalue weighted by molar-refractivity contribution is -0.117. The molecule has 0 aliphatic heterocycles. The van der Waals surface area contributed by atoms with Crippen molar-refractivity contribution in [3.8, 4) is 5.75 Å². The molecular formula is C17H20N2O2. The number of hydrogen-bond acceptors (Lipinski definition) is 3. The molecule has 110 valence electrons. The molecule has 1 aliphatic carbocycles. The summed E-state index contributed by atoms with van der Waals surface area (Å²) >= 11 is 0. The molecule has 21 heavy (non-hydrogen) atoms. The number of carbonyl (C=O) groups is 1. The molecule has 1 aliphatic rings. The van der Waals surface area contributed by atoms with Gasteiger partial charge in [0, 0.05) is 18.0 Å². The predicted molar refractivity (Wildman–Crippen MR) is 83.5 cm³/mol. The minimum absolute atomic E-state index is 0.0946. The Morgan fingerprint density at radius 1 is 1.33 bits per heavy atom. The van der Waals surface area contributed by atoms with E-state index in [0.717, 1.165) is 22.3 Å². The summed E-state index contributed by atoms with van der Waals surface area (Å²) in [5, 5.41) is 3.94. The monoisotopic (exact) mass is 284 g/mol. The van der Waals surface area contributed by atoms with Crippen molar-refractivity contribution in [2.45, 2.75) is 32.1 Å². The zero-order valence-electron chi connectivity index (χ0n) is 12.3. The van der Waals surface area contributed by atoms with Crippen molar-refractivity contribution >= 4 is 22.5 Å². The molecule has 1 amide bonds. The smallest absolute Gasteiger partial charge is 0.224 e. The maximum absolute atomic E-state index is 12.2. The molecule has 4 nitrogen and oxygen atoms in total. The zero-order chi connectivity index (χ0) is 14.7. The van der Waals surface area contributed by atoms with E-state index in [4.69, 9.17) is 4.74 Å². The number of aromatic nitrogens is 1. The largest absolute Gasteiger partial charge is 0.494 e. The third-order valence-corrected chi connectivity index (χ3v) is 4.18. The van der Waals surface area contributed by atoms with Gasteiger partial charge in [-0.15, -0.1) is 0 Å². The molecule has 0 atom stereocenters. The Bertz CT molecular complexity index is 648. The van der Waals surface area contributed by atoms with Crippen molar-refractivity contribution in [2.75, 3.05) is 12.4 Å². The summed E-state index contributed by atoms with van der Waals surface area (Å²) in [6.07, 6.45) is 7.22. The maximum Gasteiger partial charge on any atom is 0.224 e. The molecule has 0 spiro atoms. The molecule has 2 aromatic rings. The number of anilines is 1. The Kier molecular flexibility index (Phi) is 4.04. The quantitative estimate of drug-likeness (QED) is 0.930. The summed E-state index contributed by atoms with van der Waals surface area (Å²) in [5.41, 5.74) is 1.58. The lowest BCUT2D eigenvalue weighted by Crippen LogP contribution is -2.15. The Balaban J connectivity index is 1.82. The van der Waals surface area contributed by atoms with Crippen LogP contribution in [0.5, 0.6) is 5.75 Å². The first-order chi connectivity index (χ1) is 10.3. The highest BCUT2D eigenvalue weighted by molar-refractivity contribution is 6.02. The summed E-state index contributed by atoms with van der Waals surface area (Å²) in [4.78, 5) is 16.6. The van der Waals surface area contributed by atoms with E-state index in [1.165, 1.54) is 25.7 Å². The normalized spacial score (nSPS) is 15.3. The van der Waals surface area contributed by atoms with E-state index in [9.17, 15) is 4.79 Å². The molecule has 0 unspecified atom stereocenters. The molecule has 0 radical (unpaired) electrons. The number of rotatable bonds is 4. The highest BCUT2D eigenvalue weighted by atomic mass is 16.5. The number of nitrogens with one attached hydrogen (secondary N) is 1. The standard InChI is InChI=1S/C17H20N2O2/c1-21-15-9-8-14(13-7-4-10-18-17(13)15)19-16(20)11-12-5-2-3-6-12/h4,7-10,12H,2-3,5-6,11H2,1H3,(H,19,20). The number of carbonyl (C=O) groups excluding carboxylic acids is 1. The van der Waals surface area contributed by atoms with Gasteiger partial charge in [0.05, 0.1) is 12.8 Å². The summed E-state index contributed by atoms with van der Waals surface area (Å²) in [7, 11) is 1.63. The van der Waals surface area contributed by atoms with Crippen molar-refractivity contribution in [1.29, 1.82) is 0 Å². The van der Waals surface area contributed by atoms with E-state index in [0.29, 0.717) is 12.3 Å². The molecular weight excluding hydrogens is 264 g/mol. The Hall–Kier alpha value is -2.10. The second-order valence-corrected chi connectivity index (χ2v) is 5.62. The lowest BCUT2D eigenvalue weighted by atomic mass is 10.0. The minimum atomic E-state index is 0.0946. The van der Waals surface area contributed by atoms with Gasteiger partial charge in [0.25, 0.3) is 0 Å². The number of methoxy groups -OCH3 is 1. The van der Waals surface area contributed by atoms with Crippen LogP contribution >= 0.6 is 0 Å². The van der Waals surface area contributed by atoms with Crippen LogP contribution in [0.15, 0.2) is 30.5 Å². The van der Waals surface area contributed by atoms with Crippen LogP contribution in [0, 0.1) is 5.92 Å². The summed E-state index contributed by atoms with van der Waals surface area (Å²) in [6.45, 7) is 0. The number of pyridine rings is 1. The van der Waals surface area contributed by atoms with Crippen molar-refractivity contribution in [3.63, 3.8) is 0 Å². The molecule has 1 N–H and O–H groups in total. The van der Waals surface area contributed by atoms with E-state index in [-0.39, 0.29) is 5.91 Å². The topological polar surface area (TPSA) is 51.2 Å². The second-order valence-electron chi connectivity index (χ2n) is 5.62. The summed E-state index contributed by atoms with van der Waals surface area (Å²) in [6, 6.07) is 7.56. The van der Waals surface area contributed by atoms with E-state index >= 15 is 0 Å². The fourth-order valence-electron chi connectivity index (χ4n) is 3.10. The Labute approximate surface area is 124 Å². The third-order valence-electron chi connectivity index (χ3n) is 4.18. The SMILES string of the molecule is COc1ccc(NC(=O)CC2CCCC2)c2cccnc12. The maximum atomic E-state index is 12.2. The fourth-order valence-corrected chi connectivity index (χ4v) is 3.10. The van der Waals surface area contributed by atoms with E-state index in [1.54, 1.807) is 13.3 Å². The second kappa shape index (κ2) is 6.12. The van der Waals surface area contributed by atoms with Crippen LogP contribution in [-0.2, 0) is 4.79 Å². The first-order valence-corrected chi connectivity index (χ1v) is 7.49. The van der Waals surface area contributed by atoms with E-state index < -0.39 is 0 Å². The van der Waals surface area contributed by atoms with Crippen molar-refractivity contribution < 1.29 is 9.53 Å². The molecule has 1 saturated carbocycles. The van der Waals surface area contributed by atoms with Crippen LogP contribution < -0.4 is 10.1 Å². The van der Waals surface area contributed by atoms with Gasteiger partial charge in [0.15, 0.2) is 0 Å². The zero-order valence-corrected chi connectivity index (χ0v) is 12.3. The summed E-state index contributed by atoms with van der Waals surface area (Å²) < 4.78 is 5.32. The number of benzene rings is 1. The molecule has 1 aromatic heterocycles. The number of hydrogen-bond donors (Lipinski definition) is 1. The third kappa shape index (κ3) is 2.99. The Morgan fingerprint density at radius 3 is 2.90 bits per heavy atom. The molecule has 0 saturated heterocycles. The number of ether oxygens (including phenoxy) is 1. The highest BCUT2D eigenvalue weighted by Crippen LogP contribution is 2.31. The van der Waals surface area contributed by atoms with Crippen LogP contribution in [0.1, 0.15) is 32.1 Å². The fraction of sp³-hybridized carbons (Fsp3) is 0.412. The van der Waals surface area contributed by atoms with Crippen molar-refractivity contribution in [1.82, 2.24) is 4.98 Å². The molecule has 1 aromatic carbocycles. The van der Waals surface area contributed by atoms with Gasteiger partial charge in [-0.2, -0.15) is 0 Å². The van der Waals surface area contributed by atoms with Gasteiger partial charge < -0.3 is 10.1 Å². The molecule has 1 fully saturated rings. The minimum Gasteiger partial charge on any atom is -0.494 e. The molecule has 4 heteroatoms. The molecule has 3 rings (SSSR count). The van der Waals surface area contributed by atoms with Crippen molar-refractivity contribution in [3.05, 3.63) is 30.5 Å². The van der Waals surface area contributed by atoms with Crippen LogP contribution in [0.25, 0.3) is 10.9 Å². The van der Waals surface area contributed by atoms with Crippen LogP contribution in [-0.4, -0.2) is 18.0 Å². The number of fused-ring (bicyclic) bond motifs is 1. The first-order valence-electron chi connectivity index (χ1n) is 7.49. The van der Waals surface area contributed by atoms with Crippen molar-refractivity contribution in [2.24, 2.45) is 5.92 Å². The highest BCUT2D eigenvalue weighted by Gasteiger charge is 2.19. The number of nitrogens with zero attached hydrogens (tertiary/aromatic N) is 1. The first kappa shape index (κ1) is 13.9. The average Bonchev–Trinajstić information content (AvgIpc) is 3.00. The Morgan fingerprint density at radius 2 is 2.14 bits per heavy atom. The van der Waals surface area contributed by atoms with Gasteiger partial charge in [-0.05, 0) is 43.0 Å². The van der Waals surface area contributed by atoms with Gasteiger partial charge >= 0.3 is 0 Å². The van der Waals surface area contributed by atoms with Gasteiger partial charge in [0.2, 0.25) is 5.91 Å². The van der Waals surface area contributed by atoms with Gasteiger partial charge in [-0.1, -0.05) is 12.8 Å². The van der Waals surface area contributed by atoms with Gasteiger partial charge in [-0.25, -0.2) is 0 Å². The van der Waals surface area contributed by atoms with Gasteiger partial charge in [-0.3, -0.25) is 9.78 Å². The van der Waals surface area contributed by atoms with Crippen LogP contribution in [0.3, 0.4) is 0 Å². The molecule has 1 heterocycles. The predicted octanol–water partition coefficient (Wildman–Crippen LogP) is 3.76. The van der Waals surface area contributed by atoms with Gasteiger partial charge in [0.1, 0.15) is 11.3 Å². The summed E-state index contributed by atoms with van der Waals surface area (Å²) in [5.74, 6) is 1.37. The lowest BCUT2D eigenvalue weighted by Gasteiger charge is -2.12. The van der Waals surface area contributed by atoms with E-state index in [2.05, 4.69) is 10.3 Å². The van der Waals surface area contributed by atoms with Crippen LogP contribution in [0.4, 0.5) is 5.69 Å². The average molecular weight is 284 g/mol. The molecule has 0 bridgehead atoms. The van der Waals surface area contributed by atoms with E-state index in [1.807, 2.05) is 24.3 Å².